The van der Waals surface area contributed by atoms with Crippen LogP contribution in [0.1, 0.15) is 27.9 Å². The van der Waals surface area contributed by atoms with Crippen LogP contribution < -0.4 is 11.1 Å². The number of anilines is 1. The number of aliphatic hydroxyl groups is 1. The molecule has 1 saturated heterocycles. The van der Waals surface area contributed by atoms with Crippen molar-refractivity contribution in [2.75, 3.05) is 18.9 Å². The Balaban J connectivity index is 2.21. The molecule has 0 aliphatic carbocycles. The summed E-state index contributed by atoms with van der Waals surface area (Å²) in [5, 5.41) is 12.6. The van der Waals surface area contributed by atoms with Gasteiger partial charge in [-0.2, -0.15) is 0 Å². The number of hydrogen-bond acceptors (Lipinski definition) is 4. The Morgan fingerprint density at radius 2 is 2.20 bits per heavy atom. The number of carbonyl (C=O) groups excluding carboxylic acids is 1. The molecule has 0 bridgehead atoms. The maximum Gasteiger partial charge on any atom is 0.253 e. The van der Waals surface area contributed by atoms with E-state index in [2.05, 4.69) is 21.2 Å². The molecule has 1 aliphatic rings. The fourth-order valence-corrected chi connectivity index (χ4v) is 2.72. The molecule has 1 aromatic rings. The van der Waals surface area contributed by atoms with Crippen molar-refractivity contribution >= 4 is 27.5 Å². The van der Waals surface area contributed by atoms with Crippen LogP contribution in [-0.4, -0.2) is 36.4 Å². The van der Waals surface area contributed by atoms with E-state index in [1.807, 2.05) is 13.8 Å². The zero-order valence-corrected chi connectivity index (χ0v) is 13.2. The fourth-order valence-electron chi connectivity index (χ4n) is 2.19. The van der Waals surface area contributed by atoms with Gasteiger partial charge in [0.05, 0.1) is 24.3 Å². The van der Waals surface area contributed by atoms with Gasteiger partial charge in [0.2, 0.25) is 0 Å². The standard InChI is InChI=1S/C14H19BrN2O3/c1-7-8(2)13(16)9(5-10(7)15)14(19)17-11-6-20-4-3-12(11)18/h5,11-12,18H,3-4,6,16H2,1-2H3,(H,17,19)/t11-,12-/m1/s1. The molecule has 0 saturated carbocycles. The molecule has 1 heterocycles. The lowest BCUT2D eigenvalue weighted by molar-refractivity contribution is -0.0139. The predicted octanol–water partition coefficient (Wildman–Crippen LogP) is 1.53. The summed E-state index contributed by atoms with van der Waals surface area (Å²) in [6.07, 6.45) is -0.0549. The highest BCUT2D eigenvalue weighted by atomic mass is 79.9. The van der Waals surface area contributed by atoms with Gasteiger partial charge in [0.15, 0.2) is 0 Å². The summed E-state index contributed by atoms with van der Waals surface area (Å²) in [5.74, 6) is -0.291. The predicted molar refractivity (Wildman–Crippen MR) is 80.7 cm³/mol. The number of carbonyl (C=O) groups is 1. The molecular formula is C14H19BrN2O3. The van der Waals surface area contributed by atoms with E-state index in [4.69, 9.17) is 10.5 Å². The normalized spacial score (nSPS) is 22.6. The lowest BCUT2D eigenvalue weighted by atomic mass is 10.0. The van der Waals surface area contributed by atoms with Crippen molar-refractivity contribution in [3.8, 4) is 0 Å². The largest absolute Gasteiger partial charge is 0.398 e. The van der Waals surface area contributed by atoms with Crippen LogP contribution in [0.4, 0.5) is 5.69 Å². The zero-order valence-electron chi connectivity index (χ0n) is 11.6. The van der Waals surface area contributed by atoms with E-state index >= 15 is 0 Å². The van der Waals surface area contributed by atoms with Crippen LogP contribution in [0.15, 0.2) is 10.5 Å². The van der Waals surface area contributed by atoms with Gasteiger partial charge in [-0.05, 0) is 37.5 Å². The average molecular weight is 343 g/mol. The minimum Gasteiger partial charge on any atom is -0.398 e. The second kappa shape index (κ2) is 6.11. The number of hydrogen-bond donors (Lipinski definition) is 3. The second-order valence-corrected chi connectivity index (χ2v) is 5.93. The first kappa shape index (κ1) is 15.3. The van der Waals surface area contributed by atoms with Gasteiger partial charge in [-0.15, -0.1) is 0 Å². The zero-order chi connectivity index (χ0) is 14.9. The van der Waals surface area contributed by atoms with Crippen molar-refractivity contribution in [2.24, 2.45) is 0 Å². The molecule has 110 valence electrons. The van der Waals surface area contributed by atoms with Crippen molar-refractivity contribution < 1.29 is 14.6 Å². The fraction of sp³-hybridized carbons (Fsp3) is 0.500. The summed E-state index contributed by atoms with van der Waals surface area (Å²) in [6.45, 7) is 4.66. The van der Waals surface area contributed by atoms with Crippen LogP contribution in [0.5, 0.6) is 0 Å². The summed E-state index contributed by atoms with van der Waals surface area (Å²) >= 11 is 3.43. The number of benzene rings is 1. The van der Waals surface area contributed by atoms with E-state index < -0.39 is 12.1 Å². The Bertz CT molecular complexity index is 534. The highest BCUT2D eigenvalue weighted by Crippen LogP contribution is 2.28. The summed E-state index contributed by atoms with van der Waals surface area (Å²) in [6, 6.07) is 1.32. The van der Waals surface area contributed by atoms with Gasteiger partial charge < -0.3 is 20.9 Å². The van der Waals surface area contributed by atoms with Gasteiger partial charge in [-0.25, -0.2) is 0 Å². The van der Waals surface area contributed by atoms with Crippen molar-refractivity contribution in [1.29, 1.82) is 0 Å². The summed E-state index contributed by atoms with van der Waals surface area (Å²) in [4.78, 5) is 12.3. The molecule has 6 heteroatoms. The van der Waals surface area contributed by atoms with Gasteiger partial charge in [-0.3, -0.25) is 4.79 Å². The number of rotatable bonds is 2. The highest BCUT2D eigenvalue weighted by molar-refractivity contribution is 9.10. The Morgan fingerprint density at radius 3 is 2.85 bits per heavy atom. The molecule has 1 amide bonds. The molecule has 1 aromatic carbocycles. The first-order chi connectivity index (χ1) is 9.41. The first-order valence-electron chi connectivity index (χ1n) is 6.53. The highest BCUT2D eigenvalue weighted by Gasteiger charge is 2.26. The number of nitrogen functional groups attached to an aromatic ring is 1. The molecule has 0 unspecified atom stereocenters. The number of ether oxygens (including phenoxy) is 1. The SMILES string of the molecule is Cc1c(Br)cc(C(=O)N[C@@H]2COCC[C@H]2O)c(N)c1C. The van der Waals surface area contributed by atoms with Crippen molar-refractivity contribution in [3.63, 3.8) is 0 Å². The van der Waals surface area contributed by atoms with Crippen LogP contribution in [-0.2, 0) is 4.74 Å². The molecular weight excluding hydrogens is 324 g/mol. The van der Waals surface area contributed by atoms with Crippen molar-refractivity contribution in [1.82, 2.24) is 5.32 Å². The molecule has 1 fully saturated rings. The number of aliphatic hydroxyl groups excluding tert-OH is 1. The van der Waals surface area contributed by atoms with Crippen molar-refractivity contribution in [2.45, 2.75) is 32.4 Å². The maximum atomic E-state index is 12.3. The third kappa shape index (κ3) is 2.97. The van der Waals surface area contributed by atoms with E-state index in [1.165, 1.54) is 0 Å². The first-order valence-corrected chi connectivity index (χ1v) is 7.33. The van der Waals surface area contributed by atoms with Gasteiger partial charge >= 0.3 is 0 Å². The molecule has 5 nitrogen and oxygen atoms in total. The monoisotopic (exact) mass is 342 g/mol. The van der Waals surface area contributed by atoms with Crippen molar-refractivity contribution in [3.05, 3.63) is 27.2 Å². The molecule has 0 radical (unpaired) electrons. The summed E-state index contributed by atoms with van der Waals surface area (Å²) in [5.41, 5.74) is 8.79. The number of nitrogens with one attached hydrogen (secondary N) is 1. The number of amides is 1. The van der Waals surface area contributed by atoms with Crippen LogP contribution in [0.2, 0.25) is 0 Å². The lowest BCUT2D eigenvalue weighted by Crippen LogP contribution is -2.49. The molecule has 2 rings (SSSR count). The molecule has 0 spiro atoms. The second-order valence-electron chi connectivity index (χ2n) is 5.08. The summed E-state index contributed by atoms with van der Waals surface area (Å²) < 4.78 is 6.11. The minimum absolute atomic E-state index is 0.291. The number of nitrogens with two attached hydrogens (primary N) is 1. The Labute approximate surface area is 126 Å². The van der Waals surface area contributed by atoms with E-state index in [9.17, 15) is 9.90 Å². The Hall–Kier alpha value is -1.11. The quantitative estimate of drug-likeness (QED) is 0.711. The Kier molecular flexibility index (Phi) is 4.67. The molecule has 1 aliphatic heterocycles. The van der Waals surface area contributed by atoms with E-state index in [1.54, 1.807) is 6.07 Å². The van der Waals surface area contributed by atoms with E-state index in [-0.39, 0.29) is 5.91 Å². The number of halogens is 1. The molecule has 4 N–H and O–H groups in total. The maximum absolute atomic E-state index is 12.3. The van der Waals surface area contributed by atoms with Gasteiger partial charge in [0.25, 0.3) is 5.91 Å². The van der Waals surface area contributed by atoms with Gasteiger partial charge in [0.1, 0.15) is 0 Å². The smallest absolute Gasteiger partial charge is 0.253 e. The van der Waals surface area contributed by atoms with Crippen LogP contribution in [0.25, 0.3) is 0 Å². The van der Waals surface area contributed by atoms with Gasteiger partial charge in [-0.1, -0.05) is 15.9 Å². The van der Waals surface area contributed by atoms with E-state index in [0.29, 0.717) is 30.9 Å². The minimum atomic E-state index is -0.580. The summed E-state index contributed by atoms with van der Waals surface area (Å²) in [7, 11) is 0. The third-order valence-corrected chi connectivity index (χ3v) is 4.59. The lowest BCUT2D eigenvalue weighted by Gasteiger charge is -2.28. The Morgan fingerprint density at radius 1 is 1.50 bits per heavy atom. The molecule has 20 heavy (non-hydrogen) atoms. The van der Waals surface area contributed by atoms with Crippen LogP contribution >= 0.6 is 15.9 Å². The molecule has 0 aromatic heterocycles. The topological polar surface area (TPSA) is 84.6 Å². The van der Waals surface area contributed by atoms with Crippen LogP contribution in [0, 0.1) is 13.8 Å². The van der Waals surface area contributed by atoms with E-state index in [0.717, 1.165) is 15.6 Å². The van der Waals surface area contributed by atoms with Crippen LogP contribution in [0.3, 0.4) is 0 Å². The third-order valence-electron chi connectivity index (χ3n) is 3.77. The average Bonchev–Trinajstić information content (AvgIpc) is 2.43. The van der Waals surface area contributed by atoms with Gasteiger partial charge in [0, 0.05) is 16.8 Å². The molecule has 2 atom stereocenters.